The summed E-state index contributed by atoms with van der Waals surface area (Å²) < 4.78 is 0. The van der Waals surface area contributed by atoms with Crippen LogP contribution >= 0.6 is 0 Å². The number of rotatable bonds is 4. The van der Waals surface area contributed by atoms with Crippen molar-refractivity contribution in [1.29, 1.82) is 0 Å². The highest BCUT2D eigenvalue weighted by molar-refractivity contribution is 5.81. The smallest absolute Gasteiger partial charge is 0.0976 e. The molecule has 0 fully saturated rings. The van der Waals surface area contributed by atoms with E-state index in [-0.39, 0.29) is 0 Å². The monoisotopic (exact) mass is 167 g/mol. The summed E-state index contributed by atoms with van der Waals surface area (Å²) >= 11 is 0. The van der Waals surface area contributed by atoms with Gasteiger partial charge in [-0.05, 0) is 6.92 Å². The van der Waals surface area contributed by atoms with Gasteiger partial charge in [-0.3, -0.25) is 15.3 Å². The lowest BCUT2D eigenvalue weighted by molar-refractivity contribution is 0.0849. The van der Waals surface area contributed by atoms with Gasteiger partial charge in [0, 0.05) is 6.20 Å². The van der Waals surface area contributed by atoms with E-state index in [1.165, 1.54) is 0 Å². The van der Waals surface area contributed by atoms with Gasteiger partial charge >= 0.3 is 0 Å². The number of hydroxylamine groups is 1. The van der Waals surface area contributed by atoms with Crippen molar-refractivity contribution in [2.45, 2.75) is 6.92 Å². The van der Waals surface area contributed by atoms with Crippen molar-refractivity contribution in [3.05, 3.63) is 24.6 Å². The topological polar surface area (TPSA) is 45.6 Å². The fraction of sp³-hybridized carbons (Fsp3) is 0.375. The van der Waals surface area contributed by atoms with E-state index in [2.05, 4.69) is 22.4 Å². The van der Waals surface area contributed by atoms with Crippen LogP contribution in [0.4, 0.5) is 0 Å². The second-order valence-electron chi connectivity index (χ2n) is 2.42. The van der Waals surface area contributed by atoms with Crippen molar-refractivity contribution in [2.24, 2.45) is 4.99 Å². The maximum atomic E-state index is 5.01. The Hall–Kier alpha value is -1.29. The molecule has 0 atom stereocenters. The first kappa shape index (κ1) is 8.80. The number of nitrogens with one attached hydrogen (secondary N) is 2. The predicted molar refractivity (Wildman–Crippen MR) is 48.5 cm³/mol. The number of amidine groups is 1. The van der Waals surface area contributed by atoms with E-state index >= 15 is 0 Å². The molecule has 4 heteroatoms. The van der Waals surface area contributed by atoms with Gasteiger partial charge in [0.2, 0.25) is 0 Å². The van der Waals surface area contributed by atoms with Crippen molar-refractivity contribution in [3.8, 4) is 0 Å². The molecule has 0 aromatic rings. The summed E-state index contributed by atoms with van der Waals surface area (Å²) in [6.45, 7) is 6.56. The van der Waals surface area contributed by atoms with Gasteiger partial charge in [-0.15, -0.1) is 6.58 Å². The lowest BCUT2D eigenvalue weighted by Crippen LogP contribution is -2.26. The molecular weight excluding hydrogens is 154 g/mol. The Morgan fingerprint density at radius 2 is 2.75 bits per heavy atom. The van der Waals surface area contributed by atoms with Crippen molar-refractivity contribution in [3.63, 3.8) is 0 Å². The van der Waals surface area contributed by atoms with Crippen LogP contribution < -0.4 is 10.8 Å². The third kappa shape index (κ3) is 2.75. The number of hydrogen-bond donors (Lipinski definition) is 2. The molecule has 0 bridgehead atoms. The summed E-state index contributed by atoms with van der Waals surface area (Å²) in [6.07, 6.45) is 3.52. The molecule has 0 unspecified atom stereocenters. The molecule has 2 N–H and O–H groups in total. The van der Waals surface area contributed by atoms with Crippen LogP contribution in [0.5, 0.6) is 0 Å². The Labute approximate surface area is 72.0 Å². The van der Waals surface area contributed by atoms with Crippen LogP contribution in [-0.4, -0.2) is 19.0 Å². The second-order valence-corrected chi connectivity index (χ2v) is 2.42. The minimum Gasteiger partial charge on any atom is -0.349 e. The number of nitrogens with zero attached hydrogens (tertiary/aromatic N) is 1. The van der Waals surface area contributed by atoms with Gasteiger partial charge in [0.05, 0.1) is 24.7 Å². The van der Waals surface area contributed by atoms with Crippen molar-refractivity contribution in [2.75, 3.05) is 13.2 Å². The van der Waals surface area contributed by atoms with Crippen LogP contribution in [0.1, 0.15) is 6.92 Å². The Morgan fingerprint density at radius 1 is 1.92 bits per heavy atom. The molecule has 1 aliphatic heterocycles. The van der Waals surface area contributed by atoms with Crippen LogP contribution in [0.25, 0.3) is 0 Å². The molecule has 0 aliphatic carbocycles. The molecule has 1 rings (SSSR count). The van der Waals surface area contributed by atoms with Crippen LogP contribution in [0.15, 0.2) is 29.5 Å². The largest absolute Gasteiger partial charge is 0.349 e. The van der Waals surface area contributed by atoms with Gasteiger partial charge in [-0.2, -0.15) is 0 Å². The average molecular weight is 167 g/mol. The van der Waals surface area contributed by atoms with Crippen molar-refractivity contribution < 1.29 is 4.84 Å². The molecule has 0 saturated heterocycles. The lowest BCUT2D eigenvalue weighted by Gasteiger charge is -2.13. The van der Waals surface area contributed by atoms with Crippen LogP contribution in [0, 0.1) is 0 Å². The van der Waals surface area contributed by atoms with Gasteiger partial charge in [-0.25, -0.2) is 0 Å². The molecule has 1 aliphatic rings. The van der Waals surface area contributed by atoms with Gasteiger partial charge in [0.15, 0.2) is 0 Å². The fourth-order valence-electron chi connectivity index (χ4n) is 0.742. The molecule has 0 saturated carbocycles. The first-order valence-corrected chi connectivity index (χ1v) is 3.78. The minimum absolute atomic E-state index is 0.486. The van der Waals surface area contributed by atoms with E-state index < -0.39 is 0 Å². The van der Waals surface area contributed by atoms with Gasteiger partial charge in [-0.1, -0.05) is 6.08 Å². The standard InChI is InChI=1S/C8H13N3O/c1-3-4-12-11-8-5-9-7(2)10-6-8/h3,5,11H,1,4,6H2,2H3,(H,9,10). The molecule has 0 spiro atoms. The third-order valence-corrected chi connectivity index (χ3v) is 1.35. The molecule has 0 amide bonds. The van der Waals surface area contributed by atoms with Gasteiger partial charge < -0.3 is 5.32 Å². The molecule has 0 radical (unpaired) electrons. The predicted octanol–water partition coefficient (Wildman–Crippen LogP) is 0.557. The summed E-state index contributed by atoms with van der Waals surface area (Å²) in [7, 11) is 0. The third-order valence-electron chi connectivity index (χ3n) is 1.35. The molecule has 0 aromatic heterocycles. The number of aliphatic imine (C=N–C) groups is 1. The first-order valence-electron chi connectivity index (χ1n) is 3.78. The molecule has 66 valence electrons. The number of hydrogen-bond acceptors (Lipinski definition) is 4. The van der Waals surface area contributed by atoms with Crippen molar-refractivity contribution >= 4 is 5.84 Å². The van der Waals surface area contributed by atoms with E-state index in [0.29, 0.717) is 13.2 Å². The SMILES string of the molecule is C=CCONC1=CNC(C)=NC1. The zero-order valence-corrected chi connectivity index (χ0v) is 7.13. The first-order chi connectivity index (χ1) is 5.83. The Kier molecular flexibility index (Phi) is 3.35. The Bertz CT molecular complexity index is 220. The van der Waals surface area contributed by atoms with E-state index in [1.54, 1.807) is 6.08 Å². The van der Waals surface area contributed by atoms with E-state index in [1.807, 2.05) is 13.1 Å². The highest BCUT2D eigenvalue weighted by atomic mass is 16.6. The highest BCUT2D eigenvalue weighted by Crippen LogP contribution is 1.94. The molecule has 12 heavy (non-hydrogen) atoms. The quantitative estimate of drug-likeness (QED) is 0.365. The second kappa shape index (κ2) is 4.56. The van der Waals surface area contributed by atoms with Crippen LogP contribution in [-0.2, 0) is 4.84 Å². The zero-order chi connectivity index (χ0) is 8.81. The lowest BCUT2D eigenvalue weighted by atomic mass is 10.4. The average Bonchev–Trinajstić information content (AvgIpc) is 2.09. The van der Waals surface area contributed by atoms with Crippen molar-refractivity contribution in [1.82, 2.24) is 10.8 Å². The summed E-state index contributed by atoms with van der Waals surface area (Å²) in [5.74, 6) is 0.921. The summed E-state index contributed by atoms with van der Waals surface area (Å²) in [5, 5.41) is 2.98. The van der Waals surface area contributed by atoms with E-state index in [9.17, 15) is 0 Å². The Balaban J connectivity index is 2.22. The van der Waals surface area contributed by atoms with Gasteiger partial charge in [0.25, 0.3) is 0 Å². The summed E-state index contributed by atoms with van der Waals surface area (Å²) in [5.41, 5.74) is 3.68. The van der Waals surface area contributed by atoms with Crippen LogP contribution in [0.3, 0.4) is 0 Å². The Morgan fingerprint density at radius 3 is 3.33 bits per heavy atom. The summed E-state index contributed by atoms with van der Waals surface area (Å²) in [4.78, 5) is 9.17. The minimum atomic E-state index is 0.486. The van der Waals surface area contributed by atoms with Crippen LogP contribution in [0.2, 0.25) is 0 Å². The highest BCUT2D eigenvalue weighted by Gasteiger charge is 2.00. The molecular formula is C8H13N3O. The molecule has 4 nitrogen and oxygen atoms in total. The van der Waals surface area contributed by atoms with E-state index in [0.717, 1.165) is 11.5 Å². The zero-order valence-electron chi connectivity index (χ0n) is 7.13. The normalized spacial score (nSPS) is 15.8. The molecule has 1 heterocycles. The maximum Gasteiger partial charge on any atom is 0.0976 e. The molecule has 0 aromatic carbocycles. The maximum absolute atomic E-state index is 5.01. The summed E-state index contributed by atoms with van der Waals surface area (Å²) in [6, 6.07) is 0. The van der Waals surface area contributed by atoms with E-state index in [4.69, 9.17) is 4.84 Å². The van der Waals surface area contributed by atoms with Gasteiger partial charge in [0.1, 0.15) is 0 Å². The fourth-order valence-corrected chi connectivity index (χ4v) is 0.742.